The van der Waals surface area contributed by atoms with E-state index in [1.165, 1.54) is 0 Å². The summed E-state index contributed by atoms with van der Waals surface area (Å²) in [7, 11) is 3.81. The molecule has 0 aromatic carbocycles. The smallest absolute Gasteiger partial charge is 0.0946 e. The number of nitrogens with zero attached hydrogens (tertiary/aromatic N) is 4. The van der Waals surface area contributed by atoms with E-state index in [4.69, 9.17) is 17.4 Å². The molecule has 0 aliphatic rings. The number of hydrogen-bond donors (Lipinski definition) is 2. The van der Waals surface area contributed by atoms with Crippen LogP contribution in [-0.4, -0.2) is 19.3 Å². The first-order valence-corrected chi connectivity index (χ1v) is 6.02. The van der Waals surface area contributed by atoms with Gasteiger partial charge in [0, 0.05) is 26.7 Å². The van der Waals surface area contributed by atoms with Crippen molar-refractivity contribution in [3.63, 3.8) is 0 Å². The fourth-order valence-corrected chi connectivity index (χ4v) is 2.28. The van der Waals surface area contributed by atoms with Gasteiger partial charge in [-0.15, -0.1) is 0 Å². The average Bonchev–Trinajstić information content (AvgIpc) is 2.84. The van der Waals surface area contributed by atoms with E-state index in [0.29, 0.717) is 11.4 Å². The second-order valence-electron chi connectivity index (χ2n) is 4.32. The molecule has 2 aromatic heterocycles. The number of nitrogens with two attached hydrogens (primary N) is 1. The number of rotatable bonds is 4. The van der Waals surface area contributed by atoms with Crippen molar-refractivity contribution in [3.8, 4) is 0 Å². The summed E-state index contributed by atoms with van der Waals surface area (Å²) in [5.41, 5.74) is 5.59. The van der Waals surface area contributed by atoms with Gasteiger partial charge in [0.2, 0.25) is 0 Å². The molecule has 0 fully saturated rings. The van der Waals surface area contributed by atoms with Crippen LogP contribution in [-0.2, 0) is 20.5 Å². The Labute approximate surface area is 111 Å². The molecule has 2 rings (SSSR count). The minimum atomic E-state index is -0.0511. The van der Waals surface area contributed by atoms with Gasteiger partial charge in [0.1, 0.15) is 0 Å². The molecule has 1 unspecified atom stereocenters. The van der Waals surface area contributed by atoms with Crippen molar-refractivity contribution in [2.45, 2.75) is 19.4 Å². The molecule has 0 saturated carbocycles. The van der Waals surface area contributed by atoms with E-state index >= 15 is 0 Å². The van der Waals surface area contributed by atoms with Gasteiger partial charge in [-0.2, -0.15) is 5.10 Å². The molecule has 0 bridgehead atoms. The van der Waals surface area contributed by atoms with Crippen LogP contribution in [0.25, 0.3) is 0 Å². The molecule has 0 aliphatic heterocycles. The Kier molecular flexibility index (Phi) is 3.70. The highest BCUT2D eigenvalue weighted by atomic mass is 35.5. The normalized spacial score (nSPS) is 12.9. The van der Waals surface area contributed by atoms with Crippen LogP contribution in [0.4, 0.5) is 0 Å². The van der Waals surface area contributed by atoms with Crippen molar-refractivity contribution in [1.82, 2.24) is 24.8 Å². The highest BCUT2D eigenvalue weighted by Gasteiger charge is 2.19. The van der Waals surface area contributed by atoms with Gasteiger partial charge in [0.05, 0.1) is 34.5 Å². The van der Waals surface area contributed by atoms with E-state index in [-0.39, 0.29) is 6.04 Å². The SMILES string of the molecule is Cc1nn(C)c(CC(NN)c2cncn2C)c1Cl. The lowest BCUT2D eigenvalue weighted by Gasteiger charge is -2.16. The molecule has 0 radical (unpaired) electrons. The van der Waals surface area contributed by atoms with E-state index in [1.807, 2.05) is 25.6 Å². The molecule has 0 aliphatic carbocycles. The summed E-state index contributed by atoms with van der Waals surface area (Å²) in [5, 5.41) is 4.99. The van der Waals surface area contributed by atoms with Crippen LogP contribution in [0.3, 0.4) is 0 Å². The molecule has 6 nitrogen and oxygen atoms in total. The Morgan fingerprint density at radius 2 is 2.22 bits per heavy atom. The van der Waals surface area contributed by atoms with Gasteiger partial charge < -0.3 is 4.57 Å². The molecule has 2 heterocycles. The Bertz CT molecular complexity index is 544. The molecule has 1 atom stereocenters. The topological polar surface area (TPSA) is 73.7 Å². The lowest BCUT2D eigenvalue weighted by Crippen LogP contribution is -2.31. The molecule has 0 spiro atoms. The van der Waals surface area contributed by atoms with Crippen LogP contribution in [0.2, 0.25) is 5.02 Å². The van der Waals surface area contributed by atoms with Crippen molar-refractivity contribution in [2.75, 3.05) is 0 Å². The largest absolute Gasteiger partial charge is 0.336 e. The molecular weight excluding hydrogens is 252 g/mol. The number of aromatic nitrogens is 4. The summed E-state index contributed by atoms with van der Waals surface area (Å²) in [4.78, 5) is 4.09. The summed E-state index contributed by atoms with van der Waals surface area (Å²) in [6, 6.07) is -0.0511. The molecule has 0 amide bonds. The van der Waals surface area contributed by atoms with Crippen molar-refractivity contribution in [1.29, 1.82) is 0 Å². The van der Waals surface area contributed by atoms with Gasteiger partial charge in [-0.05, 0) is 6.92 Å². The summed E-state index contributed by atoms with van der Waals surface area (Å²) < 4.78 is 3.72. The summed E-state index contributed by atoms with van der Waals surface area (Å²) in [5.74, 6) is 5.62. The first-order chi connectivity index (χ1) is 8.54. The third-order valence-corrected chi connectivity index (χ3v) is 3.56. The first-order valence-electron chi connectivity index (χ1n) is 5.65. The predicted octanol–water partition coefficient (Wildman–Crippen LogP) is 0.863. The lowest BCUT2D eigenvalue weighted by atomic mass is 10.1. The molecule has 18 heavy (non-hydrogen) atoms. The van der Waals surface area contributed by atoms with Crippen LogP contribution in [0.15, 0.2) is 12.5 Å². The maximum Gasteiger partial charge on any atom is 0.0946 e. The second kappa shape index (κ2) is 5.09. The highest BCUT2D eigenvalue weighted by molar-refractivity contribution is 6.31. The van der Waals surface area contributed by atoms with E-state index in [1.54, 1.807) is 17.2 Å². The third kappa shape index (κ3) is 2.27. The van der Waals surface area contributed by atoms with E-state index in [9.17, 15) is 0 Å². The quantitative estimate of drug-likeness (QED) is 0.637. The van der Waals surface area contributed by atoms with Gasteiger partial charge in [-0.1, -0.05) is 11.6 Å². The molecule has 0 saturated heterocycles. The third-order valence-electron chi connectivity index (χ3n) is 3.07. The minimum Gasteiger partial charge on any atom is -0.336 e. The Morgan fingerprint density at radius 3 is 2.67 bits per heavy atom. The zero-order valence-electron chi connectivity index (χ0n) is 10.7. The fourth-order valence-electron chi connectivity index (χ4n) is 2.05. The monoisotopic (exact) mass is 268 g/mol. The number of nitrogens with one attached hydrogen (secondary N) is 1. The first kappa shape index (κ1) is 13.1. The molecule has 98 valence electrons. The number of imidazole rings is 1. The second-order valence-corrected chi connectivity index (χ2v) is 4.70. The van der Waals surface area contributed by atoms with E-state index in [0.717, 1.165) is 17.1 Å². The number of hydrazine groups is 1. The summed E-state index contributed by atoms with van der Waals surface area (Å²) >= 11 is 6.24. The average molecular weight is 269 g/mol. The Hall–Kier alpha value is -1.37. The molecular formula is C11H17ClN6. The van der Waals surface area contributed by atoms with Crippen molar-refractivity contribution < 1.29 is 0 Å². The van der Waals surface area contributed by atoms with E-state index in [2.05, 4.69) is 15.5 Å². The van der Waals surface area contributed by atoms with Crippen molar-refractivity contribution in [2.24, 2.45) is 19.9 Å². The molecule has 3 N–H and O–H groups in total. The minimum absolute atomic E-state index is 0.0511. The predicted molar refractivity (Wildman–Crippen MR) is 69.9 cm³/mol. The number of aryl methyl sites for hydroxylation is 3. The summed E-state index contributed by atoms with van der Waals surface area (Å²) in [6.07, 6.45) is 4.20. The van der Waals surface area contributed by atoms with E-state index < -0.39 is 0 Å². The summed E-state index contributed by atoms with van der Waals surface area (Å²) in [6.45, 7) is 1.89. The van der Waals surface area contributed by atoms with Gasteiger partial charge in [-0.3, -0.25) is 16.0 Å². The van der Waals surface area contributed by atoms with Crippen molar-refractivity contribution in [3.05, 3.63) is 34.6 Å². The van der Waals surface area contributed by atoms with Crippen LogP contribution in [0, 0.1) is 6.92 Å². The molecule has 2 aromatic rings. The van der Waals surface area contributed by atoms with Crippen LogP contribution >= 0.6 is 11.6 Å². The Balaban J connectivity index is 2.29. The maximum atomic E-state index is 6.24. The number of hydrogen-bond acceptors (Lipinski definition) is 4. The standard InChI is InChI=1S/C11H17ClN6/c1-7-11(12)9(18(3)16-7)4-8(15-13)10-5-14-6-17(10)2/h5-6,8,15H,4,13H2,1-3H3. The van der Waals surface area contributed by atoms with Gasteiger partial charge in [0.25, 0.3) is 0 Å². The zero-order valence-corrected chi connectivity index (χ0v) is 11.4. The Morgan fingerprint density at radius 1 is 1.50 bits per heavy atom. The fraction of sp³-hybridized carbons (Fsp3) is 0.455. The van der Waals surface area contributed by atoms with Gasteiger partial charge in [-0.25, -0.2) is 4.98 Å². The maximum absolute atomic E-state index is 6.24. The van der Waals surface area contributed by atoms with Crippen LogP contribution < -0.4 is 11.3 Å². The lowest BCUT2D eigenvalue weighted by molar-refractivity contribution is 0.504. The van der Waals surface area contributed by atoms with Crippen molar-refractivity contribution >= 4 is 11.6 Å². The van der Waals surface area contributed by atoms with Gasteiger partial charge in [0.15, 0.2) is 0 Å². The van der Waals surface area contributed by atoms with Crippen LogP contribution in [0.5, 0.6) is 0 Å². The zero-order chi connectivity index (χ0) is 13.3. The highest BCUT2D eigenvalue weighted by Crippen LogP contribution is 2.24. The van der Waals surface area contributed by atoms with Gasteiger partial charge >= 0.3 is 0 Å². The molecule has 7 heteroatoms. The number of halogens is 1. The van der Waals surface area contributed by atoms with Crippen LogP contribution in [0.1, 0.15) is 23.1 Å².